The highest BCUT2D eigenvalue weighted by Gasteiger charge is 2.34. The smallest absolute Gasteiger partial charge is 0.226 e. The van der Waals surface area contributed by atoms with Gasteiger partial charge in [-0.1, -0.05) is 73.1 Å². The number of carbonyl (C=O) groups is 2. The van der Waals surface area contributed by atoms with Crippen LogP contribution >= 0.6 is 11.8 Å². The summed E-state index contributed by atoms with van der Waals surface area (Å²) in [6.07, 6.45) is 5.63. The van der Waals surface area contributed by atoms with Crippen LogP contribution in [0.3, 0.4) is 0 Å². The monoisotopic (exact) mass is 531 g/mol. The standard InChI is InChI=1S/C30H37N5O2S/c1-22-11-6-9-16-26(22)35-28(24-12-4-3-5-13-24)31-32-30(35)38-20-10-17-27(36)33-18-19-34(23(2)21-33)29(37)25-14-7-8-15-25/h3-6,9,11-13,16,23,25H,7-8,10,14-15,17-21H2,1-2H3. The number of amides is 2. The van der Waals surface area contributed by atoms with Crippen LogP contribution in [-0.4, -0.2) is 67.8 Å². The van der Waals surface area contributed by atoms with Gasteiger partial charge >= 0.3 is 0 Å². The minimum atomic E-state index is 0.0826. The quantitative estimate of drug-likeness (QED) is 0.289. The highest BCUT2D eigenvalue weighted by Crippen LogP contribution is 2.30. The zero-order valence-electron chi connectivity index (χ0n) is 22.4. The molecule has 2 aromatic carbocycles. The van der Waals surface area contributed by atoms with Crippen LogP contribution < -0.4 is 0 Å². The molecule has 2 heterocycles. The molecule has 1 unspecified atom stereocenters. The number of aromatic nitrogens is 3. The molecule has 2 amide bonds. The van der Waals surface area contributed by atoms with Gasteiger partial charge in [0.2, 0.25) is 11.8 Å². The molecule has 1 atom stereocenters. The Morgan fingerprint density at radius 2 is 1.71 bits per heavy atom. The van der Waals surface area contributed by atoms with Crippen LogP contribution in [-0.2, 0) is 9.59 Å². The van der Waals surface area contributed by atoms with Crippen molar-refractivity contribution in [3.63, 3.8) is 0 Å². The van der Waals surface area contributed by atoms with Gasteiger partial charge in [0.05, 0.1) is 5.69 Å². The van der Waals surface area contributed by atoms with Gasteiger partial charge in [0.15, 0.2) is 11.0 Å². The number of hydrogen-bond donors (Lipinski definition) is 0. The molecule has 8 heteroatoms. The number of nitrogens with zero attached hydrogens (tertiary/aromatic N) is 5. The van der Waals surface area contributed by atoms with E-state index in [9.17, 15) is 9.59 Å². The SMILES string of the molecule is Cc1ccccc1-n1c(SCCCC(=O)N2CCN(C(=O)C3CCCC3)C(C)C2)nnc1-c1ccccc1. The van der Waals surface area contributed by atoms with Crippen molar-refractivity contribution in [3.8, 4) is 17.1 Å². The molecule has 3 aromatic rings. The summed E-state index contributed by atoms with van der Waals surface area (Å²) in [5.41, 5.74) is 3.24. The molecule has 0 radical (unpaired) electrons. The minimum absolute atomic E-state index is 0.0826. The number of carbonyl (C=O) groups excluding carboxylic acids is 2. The molecule has 2 fully saturated rings. The summed E-state index contributed by atoms with van der Waals surface area (Å²) in [6.45, 7) is 6.09. The summed E-state index contributed by atoms with van der Waals surface area (Å²) in [7, 11) is 0. The van der Waals surface area contributed by atoms with E-state index in [1.165, 1.54) is 0 Å². The first-order chi connectivity index (χ1) is 18.5. The third-order valence-electron chi connectivity index (χ3n) is 7.76. The van der Waals surface area contributed by atoms with E-state index in [2.05, 4.69) is 40.7 Å². The molecule has 38 heavy (non-hydrogen) atoms. The largest absolute Gasteiger partial charge is 0.339 e. The maximum absolute atomic E-state index is 13.0. The lowest BCUT2D eigenvalue weighted by Crippen LogP contribution is -2.56. The molecule has 5 rings (SSSR count). The number of aryl methyl sites for hydroxylation is 1. The fraction of sp³-hybridized carbons (Fsp3) is 0.467. The first-order valence-corrected chi connectivity index (χ1v) is 14.8. The maximum atomic E-state index is 13.0. The van der Waals surface area contributed by atoms with Gasteiger partial charge in [-0.15, -0.1) is 10.2 Å². The van der Waals surface area contributed by atoms with E-state index in [1.54, 1.807) is 11.8 Å². The van der Waals surface area contributed by atoms with Gasteiger partial charge in [-0.3, -0.25) is 14.2 Å². The fourth-order valence-electron chi connectivity index (χ4n) is 5.63. The van der Waals surface area contributed by atoms with Gasteiger partial charge in [-0.2, -0.15) is 0 Å². The Bertz CT molecular complexity index is 1250. The normalized spacial score (nSPS) is 18.2. The molecule has 2 aliphatic rings. The lowest BCUT2D eigenvalue weighted by molar-refractivity contribution is -0.145. The van der Waals surface area contributed by atoms with Crippen molar-refractivity contribution >= 4 is 23.6 Å². The van der Waals surface area contributed by atoms with Crippen LogP contribution in [0.25, 0.3) is 17.1 Å². The molecule has 0 N–H and O–H groups in total. The second-order valence-corrected chi connectivity index (χ2v) is 11.5. The predicted octanol–water partition coefficient (Wildman–Crippen LogP) is 5.36. The summed E-state index contributed by atoms with van der Waals surface area (Å²) < 4.78 is 2.12. The Morgan fingerprint density at radius 1 is 0.974 bits per heavy atom. The van der Waals surface area contributed by atoms with Crippen molar-refractivity contribution in [3.05, 3.63) is 60.2 Å². The minimum Gasteiger partial charge on any atom is -0.339 e. The van der Waals surface area contributed by atoms with Gasteiger partial charge in [-0.25, -0.2) is 0 Å². The number of piperazine rings is 1. The third-order valence-corrected chi connectivity index (χ3v) is 8.77. The van der Waals surface area contributed by atoms with Gasteiger partial charge in [-0.05, 0) is 44.7 Å². The summed E-state index contributed by atoms with van der Waals surface area (Å²) in [5, 5.41) is 9.89. The Morgan fingerprint density at radius 3 is 2.45 bits per heavy atom. The van der Waals surface area contributed by atoms with Crippen LogP contribution in [0.15, 0.2) is 59.8 Å². The summed E-state index contributed by atoms with van der Waals surface area (Å²) >= 11 is 1.64. The molecule has 1 saturated heterocycles. The molecule has 7 nitrogen and oxygen atoms in total. The fourth-order valence-corrected chi connectivity index (χ4v) is 6.52. The van der Waals surface area contributed by atoms with E-state index in [0.717, 1.165) is 65.7 Å². The van der Waals surface area contributed by atoms with Gasteiger partial charge in [0, 0.05) is 49.3 Å². The van der Waals surface area contributed by atoms with Crippen molar-refractivity contribution in [1.82, 2.24) is 24.6 Å². The highest BCUT2D eigenvalue weighted by atomic mass is 32.2. The van der Waals surface area contributed by atoms with Crippen molar-refractivity contribution in [2.24, 2.45) is 5.92 Å². The second-order valence-electron chi connectivity index (χ2n) is 10.4. The number of hydrogen-bond acceptors (Lipinski definition) is 5. The average molecular weight is 532 g/mol. The zero-order valence-corrected chi connectivity index (χ0v) is 23.2. The second kappa shape index (κ2) is 12.2. The lowest BCUT2D eigenvalue weighted by atomic mass is 10.0. The Labute approximate surface area is 229 Å². The molecule has 0 spiro atoms. The van der Waals surface area contributed by atoms with Crippen molar-refractivity contribution in [2.75, 3.05) is 25.4 Å². The van der Waals surface area contributed by atoms with Crippen LogP contribution in [0, 0.1) is 12.8 Å². The van der Waals surface area contributed by atoms with Crippen molar-refractivity contribution in [2.45, 2.75) is 63.6 Å². The number of benzene rings is 2. The topological polar surface area (TPSA) is 71.3 Å². The lowest BCUT2D eigenvalue weighted by Gasteiger charge is -2.41. The van der Waals surface area contributed by atoms with Crippen LogP contribution in [0.2, 0.25) is 0 Å². The number of rotatable bonds is 8. The van der Waals surface area contributed by atoms with Crippen LogP contribution in [0.1, 0.15) is 51.0 Å². The predicted molar refractivity (Wildman–Crippen MR) is 151 cm³/mol. The maximum Gasteiger partial charge on any atom is 0.226 e. The number of thioether (sulfide) groups is 1. The number of para-hydroxylation sites is 1. The van der Waals surface area contributed by atoms with E-state index in [4.69, 9.17) is 0 Å². The average Bonchev–Trinajstić information content (AvgIpc) is 3.62. The van der Waals surface area contributed by atoms with Crippen molar-refractivity contribution < 1.29 is 9.59 Å². The summed E-state index contributed by atoms with van der Waals surface area (Å²) in [4.78, 5) is 29.8. The van der Waals surface area contributed by atoms with E-state index in [1.807, 2.05) is 52.3 Å². The Kier molecular flexibility index (Phi) is 8.47. The van der Waals surface area contributed by atoms with E-state index < -0.39 is 0 Å². The zero-order chi connectivity index (χ0) is 26.5. The van der Waals surface area contributed by atoms with E-state index in [0.29, 0.717) is 32.0 Å². The molecular formula is C30H37N5O2S. The molecule has 1 saturated carbocycles. The highest BCUT2D eigenvalue weighted by molar-refractivity contribution is 7.99. The summed E-state index contributed by atoms with van der Waals surface area (Å²) in [6, 6.07) is 18.5. The molecule has 200 valence electrons. The molecule has 1 aliphatic carbocycles. The first-order valence-electron chi connectivity index (χ1n) is 13.8. The van der Waals surface area contributed by atoms with Gasteiger partial charge in [0.1, 0.15) is 0 Å². The van der Waals surface area contributed by atoms with Gasteiger partial charge < -0.3 is 9.80 Å². The molecule has 1 aromatic heterocycles. The molecule has 0 bridgehead atoms. The van der Waals surface area contributed by atoms with E-state index >= 15 is 0 Å². The molecular weight excluding hydrogens is 494 g/mol. The van der Waals surface area contributed by atoms with Crippen molar-refractivity contribution in [1.29, 1.82) is 0 Å². The third kappa shape index (κ3) is 5.80. The summed E-state index contributed by atoms with van der Waals surface area (Å²) in [5.74, 6) is 2.26. The Balaban J connectivity index is 1.18. The molecule has 1 aliphatic heterocycles. The first kappa shape index (κ1) is 26.5. The van der Waals surface area contributed by atoms with Crippen LogP contribution in [0.4, 0.5) is 0 Å². The Hall–Kier alpha value is -3.13. The van der Waals surface area contributed by atoms with Crippen LogP contribution in [0.5, 0.6) is 0 Å². The van der Waals surface area contributed by atoms with E-state index in [-0.39, 0.29) is 17.9 Å². The van der Waals surface area contributed by atoms with Gasteiger partial charge in [0.25, 0.3) is 0 Å².